The van der Waals surface area contributed by atoms with Crippen LogP contribution in [0, 0.1) is 11.8 Å². The number of hydrogen-bond acceptors (Lipinski definition) is 3. The van der Waals surface area contributed by atoms with Crippen LogP contribution in [-0.2, 0) is 0 Å². The van der Waals surface area contributed by atoms with Gasteiger partial charge < -0.3 is 0 Å². The van der Waals surface area contributed by atoms with Crippen LogP contribution in [0.5, 0.6) is 0 Å². The molecule has 0 spiro atoms. The first-order chi connectivity index (χ1) is 6.27. The van der Waals surface area contributed by atoms with Crippen molar-refractivity contribution in [3.63, 3.8) is 0 Å². The molecule has 66 valence electrons. The van der Waals surface area contributed by atoms with Crippen LogP contribution < -0.4 is 0 Å². The van der Waals surface area contributed by atoms with Crippen LogP contribution in [0.25, 0.3) is 11.3 Å². The summed E-state index contributed by atoms with van der Waals surface area (Å²) >= 11 is 0.796. The lowest BCUT2D eigenvalue weighted by molar-refractivity contribution is 0.599. The number of hydrogen-bond donors (Lipinski definition) is 0. The number of nitrogens with zero attached hydrogens (tertiary/aromatic N) is 2. The van der Waals surface area contributed by atoms with Crippen LogP contribution in [-0.4, -0.2) is 8.75 Å². The Bertz CT molecular complexity index is 410. The normalized spacial score (nSPS) is 10.3. The second-order valence-electron chi connectivity index (χ2n) is 2.41. The zero-order valence-corrected chi connectivity index (χ0v) is 7.18. The molecule has 0 fully saturated rings. The molecule has 0 amide bonds. The maximum atomic E-state index is 12.9. The summed E-state index contributed by atoms with van der Waals surface area (Å²) in [5.74, 6) is -0.969. The highest BCUT2D eigenvalue weighted by Gasteiger charge is 2.08. The highest BCUT2D eigenvalue weighted by Crippen LogP contribution is 2.20. The molecule has 5 heteroatoms. The van der Waals surface area contributed by atoms with Gasteiger partial charge in [0.2, 0.25) is 0 Å². The van der Waals surface area contributed by atoms with Crippen LogP contribution in [0.1, 0.15) is 0 Å². The Labute approximate surface area is 77.2 Å². The van der Waals surface area contributed by atoms with Crippen molar-refractivity contribution >= 4 is 11.7 Å². The minimum atomic E-state index is -0.614. The summed E-state index contributed by atoms with van der Waals surface area (Å²) in [5, 5.41) is 0. The van der Waals surface area contributed by atoms with Gasteiger partial charge in [0.25, 0.3) is 5.95 Å². The number of halogens is 2. The standard InChI is InChI=1S/C8H4F2N2S/c9-6-3-1-5(2-4-6)7-8(10)12-13-11-7/h1-4H. The third-order valence-electron chi connectivity index (χ3n) is 1.57. The van der Waals surface area contributed by atoms with Crippen LogP contribution in [0.2, 0.25) is 0 Å². The maximum Gasteiger partial charge on any atom is 0.252 e. The zero-order chi connectivity index (χ0) is 9.26. The van der Waals surface area contributed by atoms with Gasteiger partial charge in [0.1, 0.15) is 11.5 Å². The van der Waals surface area contributed by atoms with Gasteiger partial charge in [-0.2, -0.15) is 8.76 Å². The molecule has 0 atom stereocenters. The molecule has 0 unspecified atom stereocenters. The third-order valence-corrected chi connectivity index (χ3v) is 2.07. The predicted octanol–water partition coefficient (Wildman–Crippen LogP) is 2.48. The summed E-state index contributed by atoms with van der Waals surface area (Å²) in [5.41, 5.74) is 0.706. The second-order valence-corrected chi connectivity index (χ2v) is 2.94. The van der Waals surface area contributed by atoms with E-state index >= 15 is 0 Å². The van der Waals surface area contributed by atoms with Crippen molar-refractivity contribution in [3.05, 3.63) is 36.0 Å². The van der Waals surface area contributed by atoms with Gasteiger partial charge in [-0.15, -0.1) is 4.37 Å². The summed E-state index contributed by atoms with van der Waals surface area (Å²) < 4.78 is 32.5. The van der Waals surface area contributed by atoms with Crippen LogP contribution >= 0.6 is 11.7 Å². The van der Waals surface area contributed by atoms with Crippen molar-refractivity contribution in [2.75, 3.05) is 0 Å². The van der Waals surface area contributed by atoms with E-state index in [0.717, 1.165) is 11.7 Å². The fraction of sp³-hybridized carbons (Fsp3) is 0. The molecule has 0 aliphatic carbocycles. The van der Waals surface area contributed by atoms with E-state index in [2.05, 4.69) is 8.75 Å². The van der Waals surface area contributed by atoms with E-state index in [1.54, 1.807) is 0 Å². The molecular formula is C8H4F2N2S. The predicted molar refractivity (Wildman–Crippen MR) is 45.3 cm³/mol. The Hall–Kier alpha value is -1.36. The molecule has 0 radical (unpaired) electrons. The first-order valence-electron chi connectivity index (χ1n) is 3.51. The summed E-state index contributed by atoms with van der Waals surface area (Å²) in [6.07, 6.45) is 0. The minimum Gasteiger partial charge on any atom is -0.207 e. The Morgan fingerprint density at radius 3 is 2.23 bits per heavy atom. The smallest absolute Gasteiger partial charge is 0.207 e. The lowest BCUT2D eigenvalue weighted by Gasteiger charge is -1.94. The van der Waals surface area contributed by atoms with Crippen molar-refractivity contribution in [2.24, 2.45) is 0 Å². The number of aromatic nitrogens is 2. The number of rotatable bonds is 1. The van der Waals surface area contributed by atoms with Crippen molar-refractivity contribution in [1.82, 2.24) is 8.75 Å². The first kappa shape index (κ1) is 8.25. The summed E-state index contributed by atoms with van der Waals surface area (Å²) in [6.45, 7) is 0. The van der Waals surface area contributed by atoms with Gasteiger partial charge in [-0.3, -0.25) is 0 Å². The first-order valence-corrected chi connectivity index (χ1v) is 4.24. The minimum absolute atomic E-state index is 0.171. The maximum absolute atomic E-state index is 12.9. The van der Waals surface area contributed by atoms with Gasteiger partial charge in [0.05, 0.1) is 11.7 Å². The van der Waals surface area contributed by atoms with Crippen molar-refractivity contribution < 1.29 is 8.78 Å². The molecule has 1 heterocycles. The highest BCUT2D eigenvalue weighted by molar-refractivity contribution is 6.99. The Morgan fingerprint density at radius 1 is 1.00 bits per heavy atom. The second kappa shape index (κ2) is 3.18. The molecule has 2 rings (SSSR count). The topological polar surface area (TPSA) is 25.8 Å². The Balaban J connectivity index is 2.47. The van der Waals surface area contributed by atoms with Gasteiger partial charge in [-0.25, -0.2) is 4.39 Å². The molecule has 2 nitrogen and oxygen atoms in total. The van der Waals surface area contributed by atoms with Crippen molar-refractivity contribution in [2.45, 2.75) is 0 Å². The summed E-state index contributed by atoms with van der Waals surface area (Å²) in [6, 6.07) is 5.45. The van der Waals surface area contributed by atoms with E-state index in [9.17, 15) is 8.78 Å². The van der Waals surface area contributed by atoms with E-state index in [1.165, 1.54) is 24.3 Å². The SMILES string of the molecule is Fc1ccc(-c2nsnc2F)cc1. The van der Waals surface area contributed by atoms with Crippen LogP contribution in [0.15, 0.2) is 24.3 Å². The van der Waals surface area contributed by atoms with E-state index in [0.29, 0.717) is 5.56 Å². The lowest BCUT2D eigenvalue weighted by Crippen LogP contribution is -1.82. The molecule has 1 aromatic heterocycles. The molecule has 0 saturated heterocycles. The number of benzene rings is 1. The molecule has 0 aliphatic rings. The Morgan fingerprint density at radius 2 is 1.69 bits per heavy atom. The molecule has 2 aromatic rings. The average Bonchev–Trinajstić information content (AvgIpc) is 2.53. The molecule has 0 N–H and O–H groups in total. The van der Waals surface area contributed by atoms with Crippen molar-refractivity contribution in [1.29, 1.82) is 0 Å². The van der Waals surface area contributed by atoms with Gasteiger partial charge in [-0.05, 0) is 24.3 Å². The van der Waals surface area contributed by atoms with E-state index in [1.807, 2.05) is 0 Å². The fourth-order valence-electron chi connectivity index (χ4n) is 0.958. The summed E-state index contributed by atoms with van der Waals surface area (Å²) in [4.78, 5) is 0. The summed E-state index contributed by atoms with van der Waals surface area (Å²) in [7, 11) is 0. The Kier molecular flexibility index (Phi) is 2.02. The quantitative estimate of drug-likeness (QED) is 0.703. The van der Waals surface area contributed by atoms with Crippen LogP contribution in [0.4, 0.5) is 8.78 Å². The van der Waals surface area contributed by atoms with E-state index in [-0.39, 0.29) is 11.5 Å². The van der Waals surface area contributed by atoms with Gasteiger partial charge in [0, 0.05) is 5.56 Å². The van der Waals surface area contributed by atoms with Crippen LogP contribution in [0.3, 0.4) is 0 Å². The molecule has 0 bridgehead atoms. The van der Waals surface area contributed by atoms with E-state index < -0.39 is 5.95 Å². The largest absolute Gasteiger partial charge is 0.252 e. The molecule has 1 aromatic carbocycles. The van der Waals surface area contributed by atoms with Crippen molar-refractivity contribution in [3.8, 4) is 11.3 Å². The monoisotopic (exact) mass is 198 g/mol. The van der Waals surface area contributed by atoms with Gasteiger partial charge in [-0.1, -0.05) is 0 Å². The molecular weight excluding hydrogens is 194 g/mol. The van der Waals surface area contributed by atoms with Gasteiger partial charge in [0.15, 0.2) is 0 Å². The molecule has 13 heavy (non-hydrogen) atoms. The zero-order valence-electron chi connectivity index (χ0n) is 6.37. The average molecular weight is 198 g/mol. The van der Waals surface area contributed by atoms with Gasteiger partial charge >= 0.3 is 0 Å². The lowest BCUT2D eigenvalue weighted by atomic mass is 10.2. The highest BCUT2D eigenvalue weighted by atomic mass is 32.1. The molecule has 0 saturated carbocycles. The third kappa shape index (κ3) is 1.55. The molecule has 0 aliphatic heterocycles. The fourth-order valence-corrected chi connectivity index (χ4v) is 1.42. The van der Waals surface area contributed by atoms with E-state index in [4.69, 9.17) is 0 Å².